The fourth-order valence-electron chi connectivity index (χ4n) is 3.42. The number of benzene rings is 1. The standard InChI is InChI=1S/C21H22FN5O/c22-17-1-3-19(4-2-17)27-14-9-20(25-27)21(28)24-18-7-12-26(13-8-18)15-16-5-10-23-11-6-16/h1-6,9-11,14,18H,7-8,12-13,15H2,(H,24,28). The van der Waals surface area contributed by atoms with Crippen LogP contribution in [0.25, 0.3) is 5.69 Å². The molecule has 1 saturated heterocycles. The van der Waals surface area contributed by atoms with Gasteiger partial charge in [-0.2, -0.15) is 5.10 Å². The van der Waals surface area contributed by atoms with E-state index >= 15 is 0 Å². The number of piperidine rings is 1. The summed E-state index contributed by atoms with van der Waals surface area (Å²) in [6.45, 7) is 2.79. The van der Waals surface area contributed by atoms with Crippen molar-refractivity contribution in [2.45, 2.75) is 25.4 Å². The molecule has 1 N–H and O–H groups in total. The molecule has 1 aliphatic heterocycles. The van der Waals surface area contributed by atoms with E-state index in [-0.39, 0.29) is 17.8 Å². The Balaban J connectivity index is 1.29. The molecule has 0 saturated carbocycles. The van der Waals surface area contributed by atoms with E-state index in [1.807, 2.05) is 24.5 Å². The molecule has 144 valence electrons. The molecule has 1 amide bonds. The van der Waals surface area contributed by atoms with E-state index in [1.54, 1.807) is 29.1 Å². The highest BCUT2D eigenvalue weighted by molar-refractivity contribution is 5.92. The molecule has 0 radical (unpaired) electrons. The largest absolute Gasteiger partial charge is 0.348 e. The predicted octanol–water partition coefficient (Wildman–Crippen LogP) is 2.80. The Hall–Kier alpha value is -3.06. The lowest BCUT2D eigenvalue weighted by atomic mass is 10.0. The Kier molecular flexibility index (Phi) is 5.43. The van der Waals surface area contributed by atoms with Crippen molar-refractivity contribution in [1.29, 1.82) is 0 Å². The molecule has 4 rings (SSSR count). The third-order valence-corrected chi connectivity index (χ3v) is 4.99. The average molecular weight is 379 g/mol. The number of likely N-dealkylation sites (tertiary alicyclic amines) is 1. The normalized spacial score (nSPS) is 15.5. The van der Waals surface area contributed by atoms with Gasteiger partial charge >= 0.3 is 0 Å². The summed E-state index contributed by atoms with van der Waals surface area (Å²) in [6, 6.07) is 11.9. The van der Waals surface area contributed by atoms with Crippen molar-refractivity contribution >= 4 is 5.91 Å². The molecule has 0 bridgehead atoms. The summed E-state index contributed by atoms with van der Waals surface area (Å²) in [7, 11) is 0. The van der Waals surface area contributed by atoms with Gasteiger partial charge in [0, 0.05) is 44.3 Å². The lowest BCUT2D eigenvalue weighted by molar-refractivity contribution is 0.0903. The number of pyridine rings is 1. The SMILES string of the molecule is O=C(NC1CCN(Cc2ccncc2)CC1)c1ccn(-c2ccc(F)cc2)n1. The Morgan fingerprint density at radius 2 is 1.79 bits per heavy atom. The van der Waals surface area contributed by atoms with Gasteiger partial charge in [0.05, 0.1) is 5.69 Å². The molecule has 28 heavy (non-hydrogen) atoms. The highest BCUT2D eigenvalue weighted by Crippen LogP contribution is 2.14. The zero-order chi connectivity index (χ0) is 19.3. The van der Waals surface area contributed by atoms with Crippen LogP contribution in [0, 0.1) is 5.82 Å². The molecule has 7 heteroatoms. The lowest BCUT2D eigenvalue weighted by Crippen LogP contribution is -2.44. The molecule has 2 aromatic heterocycles. The molecular weight excluding hydrogens is 357 g/mol. The van der Waals surface area contributed by atoms with Crippen molar-refractivity contribution < 1.29 is 9.18 Å². The third-order valence-electron chi connectivity index (χ3n) is 4.99. The van der Waals surface area contributed by atoms with Gasteiger partial charge in [0.15, 0.2) is 5.69 Å². The summed E-state index contributed by atoms with van der Waals surface area (Å²) < 4.78 is 14.6. The first-order valence-corrected chi connectivity index (χ1v) is 9.41. The van der Waals surface area contributed by atoms with Gasteiger partial charge in [-0.15, -0.1) is 0 Å². The van der Waals surface area contributed by atoms with Crippen LogP contribution in [0.4, 0.5) is 4.39 Å². The van der Waals surface area contributed by atoms with Gasteiger partial charge in [-0.25, -0.2) is 9.07 Å². The first kappa shape index (κ1) is 18.3. The summed E-state index contributed by atoms with van der Waals surface area (Å²) in [6.07, 6.45) is 7.16. The topological polar surface area (TPSA) is 63.1 Å². The minimum absolute atomic E-state index is 0.150. The maximum Gasteiger partial charge on any atom is 0.272 e. The number of nitrogens with one attached hydrogen (secondary N) is 1. The summed E-state index contributed by atoms with van der Waals surface area (Å²) in [5.74, 6) is -0.474. The number of amides is 1. The second kappa shape index (κ2) is 8.31. The quantitative estimate of drug-likeness (QED) is 0.741. The third kappa shape index (κ3) is 4.43. The second-order valence-electron chi connectivity index (χ2n) is 7.00. The van der Waals surface area contributed by atoms with E-state index in [0.29, 0.717) is 11.4 Å². The number of hydrogen-bond donors (Lipinski definition) is 1. The molecule has 0 spiro atoms. The number of rotatable bonds is 5. The predicted molar refractivity (Wildman–Crippen MR) is 104 cm³/mol. The van der Waals surface area contributed by atoms with Crippen LogP contribution in [-0.4, -0.2) is 44.7 Å². The van der Waals surface area contributed by atoms with Gasteiger partial charge in [-0.1, -0.05) is 0 Å². The molecule has 1 aliphatic rings. The smallest absolute Gasteiger partial charge is 0.272 e. The van der Waals surface area contributed by atoms with Gasteiger partial charge in [-0.3, -0.25) is 14.7 Å². The van der Waals surface area contributed by atoms with Gasteiger partial charge in [-0.05, 0) is 60.9 Å². The Morgan fingerprint density at radius 1 is 1.07 bits per heavy atom. The lowest BCUT2D eigenvalue weighted by Gasteiger charge is -2.32. The summed E-state index contributed by atoms with van der Waals surface area (Å²) in [5, 5.41) is 7.39. The highest BCUT2D eigenvalue weighted by atomic mass is 19.1. The van der Waals surface area contributed by atoms with E-state index in [4.69, 9.17) is 0 Å². The van der Waals surface area contributed by atoms with E-state index < -0.39 is 0 Å². The zero-order valence-corrected chi connectivity index (χ0v) is 15.5. The Labute approximate surface area is 163 Å². The number of carbonyl (C=O) groups is 1. The van der Waals surface area contributed by atoms with Gasteiger partial charge in [0.25, 0.3) is 5.91 Å². The number of halogens is 1. The molecule has 0 atom stereocenters. The minimum Gasteiger partial charge on any atom is -0.348 e. The monoisotopic (exact) mass is 379 g/mol. The highest BCUT2D eigenvalue weighted by Gasteiger charge is 2.22. The van der Waals surface area contributed by atoms with Crippen molar-refractivity contribution in [3.8, 4) is 5.69 Å². The van der Waals surface area contributed by atoms with Gasteiger partial charge in [0.1, 0.15) is 5.82 Å². The van der Waals surface area contributed by atoms with Gasteiger partial charge < -0.3 is 5.32 Å². The second-order valence-corrected chi connectivity index (χ2v) is 7.00. The molecule has 0 aliphatic carbocycles. The maximum absolute atomic E-state index is 13.0. The maximum atomic E-state index is 13.0. The molecule has 0 unspecified atom stereocenters. The van der Waals surface area contributed by atoms with E-state index in [0.717, 1.165) is 32.5 Å². The molecule has 1 aromatic carbocycles. The minimum atomic E-state index is -0.302. The van der Waals surface area contributed by atoms with Crippen molar-refractivity contribution in [1.82, 2.24) is 25.0 Å². The first-order chi connectivity index (χ1) is 13.7. The van der Waals surface area contributed by atoms with Crippen molar-refractivity contribution in [2.24, 2.45) is 0 Å². The van der Waals surface area contributed by atoms with Crippen LogP contribution in [0.2, 0.25) is 0 Å². The number of nitrogens with zero attached hydrogens (tertiary/aromatic N) is 4. The van der Waals surface area contributed by atoms with Crippen LogP contribution >= 0.6 is 0 Å². The molecule has 6 nitrogen and oxygen atoms in total. The number of aromatic nitrogens is 3. The molecular formula is C21H22FN5O. The Bertz CT molecular complexity index is 917. The molecule has 1 fully saturated rings. The summed E-state index contributed by atoms with van der Waals surface area (Å²) in [4.78, 5) is 19.0. The first-order valence-electron chi connectivity index (χ1n) is 9.41. The summed E-state index contributed by atoms with van der Waals surface area (Å²) >= 11 is 0. The summed E-state index contributed by atoms with van der Waals surface area (Å²) in [5.41, 5.74) is 2.33. The van der Waals surface area contributed by atoms with Crippen LogP contribution in [-0.2, 0) is 6.54 Å². The van der Waals surface area contributed by atoms with E-state index in [2.05, 4.69) is 20.3 Å². The van der Waals surface area contributed by atoms with Gasteiger partial charge in [0.2, 0.25) is 0 Å². The van der Waals surface area contributed by atoms with Crippen LogP contribution in [0.15, 0.2) is 61.1 Å². The van der Waals surface area contributed by atoms with Crippen LogP contribution in [0.3, 0.4) is 0 Å². The van der Waals surface area contributed by atoms with Crippen LogP contribution < -0.4 is 5.32 Å². The number of hydrogen-bond acceptors (Lipinski definition) is 4. The fraction of sp³-hybridized carbons (Fsp3) is 0.286. The van der Waals surface area contributed by atoms with E-state index in [9.17, 15) is 9.18 Å². The zero-order valence-electron chi connectivity index (χ0n) is 15.5. The van der Waals surface area contributed by atoms with Crippen molar-refractivity contribution in [2.75, 3.05) is 13.1 Å². The fourth-order valence-corrected chi connectivity index (χ4v) is 3.42. The molecule has 3 aromatic rings. The van der Waals surface area contributed by atoms with Crippen molar-refractivity contribution in [3.05, 3.63) is 78.1 Å². The van der Waals surface area contributed by atoms with E-state index in [1.165, 1.54) is 17.7 Å². The Morgan fingerprint density at radius 3 is 2.50 bits per heavy atom. The van der Waals surface area contributed by atoms with Crippen molar-refractivity contribution in [3.63, 3.8) is 0 Å². The van der Waals surface area contributed by atoms with Crippen LogP contribution in [0.5, 0.6) is 0 Å². The number of carbonyl (C=O) groups excluding carboxylic acids is 1. The van der Waals surface area contributed by atoms with Crippen LogP contribution in [0.1, 0.15) is 28.9 Å². The molecule has 3 heterocycles. The average Bonchev–Trinajstić information content (AvgIpc) is 3.21.